The molecule has 0 aliphatic carbocycles. The summed E-state index contributed by atoms with van der Waals surface area (Å²) in [4.78, 5) is 29.4. The lowest BCUT2D eigenvalue weighted by molar-refractivity contribution is 0.0594. The molecule has 1 aromatic carbocycles. The number of ether oxygens (including phenoxy) is 2. The lowest BCUT2D eigenvalue weighted by Gasteiger charge is -2.21. The van der Waals surface area contributed by atoms with Gasteiger partial charge in [-0.05, 0) is 18.2 Å². The van der Waals surface area contributed by atoms with E-state index in [1.54, 1.807) is 19.2 Å². The summed E-state index contributed by atoms with van der Waals surface area (Å²) >= 11 is 3.35. The second kappa shape index (κ2) is 9.19. The van der Waals surface area contributed by atoms with Crippen molar-refractivity contribution in [1.29, 1.82) is 0 Å². The normalized spacial score (nSPS) is 10.4. The number of benzene rings is 1. The SMILES string of the molecule is COCCN(Cc1nc(C(=O)OC)co1)C(=O)Nc1cccc(Br)c1. The van der Waals surface area contributed by atoms with Crippen LogP contribution >= 0.6 is 15.9 Å². The number of hydrogen-bond acceptors (Lipinski definition) is 6. The number of hydrogen-bond donors (Lipinski definition) is 1. The Bertz CT molecular complexity index is 734. The van der Waals surface area contributed by atoms with E-state index in [0.29, 0.717) is 18.8 Å². The number of aromatic nitrogens is 1. The van der Waals surface area contributed by atoms with E-state index in [1.165, 1.54) is 18.3 Å². The Hall–Kier alpha value is -2.39. The minimum absolute atomic E-state index is 0.0524. The molecule has 1 heterocycles. The number of nitrogens with zero attached hydrogens (tertiary/aromatic N) is 2. The number of carbonyl (C=O) groups is 2. The van der Waals surface area contributed by atoms with Crippen LogP contribution in [0.3, 0.4) is 0 Å². The molecular formula is C16H18BrN3O5. The van der Waals surface area contributed by atoms with Crippen molar-refractivity contribution < 1.29 is 23.5 Å². The first-order valence-electron chi connectivity index (χ1n) is 7.36. The second-order valence-electron chi connectivity index (χ2n) is 4.97. The van der Waals surface area contributed by atoms with Gasteiger partial charge < -0.3 is 24.1 Å². The topological polar surface area (TPSA) is 93.9 Å². The first kappa shape index (κ1) is 18.9. The molecule has 1 N–H and O–H groups in total. The minimum Gasteiger partial charge on any atom is -0.464 e. The van der Waals surface area contributed by atoms with Crippen molar-refractivity contribution in [3.8, 4) is 0 Å². The smallest absolute Gasteiger partial charge is 0.360 e. The number of rotatable bonds is 7. The standard InChI is InChI=1S/C16H18BrN3O5/c1-23-7-6-20(9-14-19-13(10-25-14)15(21)24-2)16(22)18-12-5-3-4-11(17)8-12/h3-5,8,10H,6-7,9H2,1-2H3,(H,18,22). The maximum Gasteiger partial charge on any atom is 0.360 e. The number of urea groups is 1. The Morgan fingerprint density at radius 2 is 2.16 bits per heavy atom. The Morgan fingerprint density at radius 1 is 1.36 bits per heavy atom. The van der Waals surface area contributed by atoms with Gasteiger partial charge in [0, 0.05) is 23.8 Å². The Labute approximate surface area is 153 Å². The van der Waals surface area contributed by atoms with E-state index in [2.05, 4.69) is 31.0 Å². The van der Waals surface area contributed by atoms with Crippen molar-refractivity contribution in [2.24, 2.45) is 0 Å². The molecule has 25 heavy (non-hydrogen) atoms. The van der Waals surface area contributed by atoms with Crippen molar-refractivity contribution >= 4 is 33.6 Å². The first-order valence-corrected chi connectivity index (χ1v) is 8.16. The van der Waals surface area contributed by atoms with Gasteiger partial charge in [-0.15, -0.1) is 0 Å². The molecule has 0 saturated heterocycles. The van der Waals surface area contributed by atoms with Gasteiger partial charge in [0.25, 0.3) is 0 Å². The first-order chi connectivity index (χ1) is 12.0. The Kier molecular flexibility index (Phi) is 6.96. The quantitative estimate of drug-likeness (QED) is 0.703. The van der Waals surface area contributed by atoms with Crippen LogP contribution in [0, 0.1) is 0 Å². The average Bonchev–Trinajstić information content (AvgIpc) is 3.06. The maximum absolute atomic E-state index is 12.5. The Morgan fingerprint density at radius 3 is 2.84 bits per heavy atom. The maximum atomic E-state index is 12.5. The lowest BCUT2D eigenvalue weighted by atomic mass is 10.3. The van der Waals surface area contributed by atoms with Crippen LogP contribution in [0.2, 0.25) is 0 Å². The van der Waals surface area contributed by atoms with Crippen molar-refractivity contribution in [2.45, 2.75) is 6.54 Å². The molecular weight excluding hydrogens is 394 g/mol. The molecule has 0 radical (unpaired) electrons. The van der Waals surface area contributed by atoms with Crippen LogP contribution in [0.1, 0.15) is 16.4 Å². The van der Waals surface area contributed by atoms with E-state index in [1.807, 2.05) is 12.1 Å². The van der Waals surface area contributed by atoms with Crippen molar-refractivity contribution in [2.75, 3.05) is 32.7 Å². The highest BCUT2D eigenvalue weighted by atomic mass is 79.9. The molecule has 0 spiro atoms. The minimum atomic E-state index is -0.600. The highest BCUT2D eigenvalue weighted by Gasteiger charge is 2.19. The highest BCUT2D eigenvalue weighted by molar-refractivity contribution is 9.10. The van der Waals surface area contributed by atoms with Crippen molar-refractivity contribution in [1.82, 2.24) is 9.88 Å². The second-order valence-corrected chi connectivity index (χ2v) is 5.89. The summed E-state index contributed by atoms with van der Waals surface area (Å²) in [5, 5.41) is 2.79. The molecule has 2 amide bonds. The third-order valence-corrected chi connectivity index (χ3v) is 3.69. The number of esters is 1. The molecule has 1 aromatic heterocycles. The summed E-state index contributed by atoms with van der Waals surface area (Å²) < 4.78 is 15.7. The summed E-state index contributed by atoms with van der Waals surface area (Å²) in [6, 6.07) is 6.90. The summed E-state index contributed by atoms with van der Waals surface area (Å²) in [6.45, 7) is 0.753. The molecule has 0 bridgehead atoms. The van der Waals surface area contributed by atoms with Crippen molar-refractivity contribution in [3.05, 3.63) is 46.6 Å². The molecule has 9 heteroatoms. The van der Waals surface area contributed by atoms with Gasteiger partial charge in [-0.2, -0.15) is 0 Å². The number of methoxy groups -OCH3 is 2. The van der Waals surface area contributed by atoms with Crippen LogP contribution in [0.5, 0.6) is 0 Å². The van der Waals surface area contributed by atoms with Crippen LogP contribution in [-0.2, 0) is 16.0 Å². The van der Waals surface area contributed by atoms with Gasteiger partial charge in [-0.25, -0.2) is 14.6 Å². The molecule has 2 aromatic rings. The van der Waals surface area contributed by atoms with Crippen LogP contribution in [-0.4, -0.2) is 49.3 Å². The summed E-state index contributed by atoms with van der Waals surface area (Å²) in [5.74, 6) is -0.377. The van der Waals surface area contributed by atoms with Crippen molar-refractivity contribution in [3.63, 3.8) is 0 Å². The zero-order valence-corrected chi connectivity index (χ0v) is 15.4. The average molecular weight is 412 g/mol. The van der Waals surface area contributed by atoms with E-state index in [9.17, 15) is 9.59 Å². The van der Waals surface area contributed by atoms with Gasteiger partial charge in [-0.1, -0.05) is 22.0 Å². The number of oxazole rings is 1. The van der Waals surface area contributed by atoms with Crippen LogP contribution in [0.25, 0.3) is 0 Å². The molecule has 0 fully saturated rings. The zero-order valence-electron chi connectivity index (χ0n) is 13.8. The predicted octanol–water partition coefficient (Wildman–Crippen LogP) is 2.90. The van der Waals surface area contributed by atoms with E-state index in [0.717, 1.165) is 4.47 Å². The van der Waals surface area contributed by atoms with Crippen LogP contribution in [0.15, 0.2) is 39.4 Å². The third kappa shape index (κ3) is 5.57. The molecule has 0 unspecified atom stereocenters. The monoisotopic (exact) mass is 411 g/mol. The number of carbonyl (C=O) groups excluding carboxylic acids is 2. The molecule has 0 saturated carbocycles. The van der Waals surface area contributed by atoms with Crippen LogP contribution < -0.4 is 5.32 Å². The molecule has 0 aliphatic heterocycles. The van der Waals surface area contributed by atoms with Gasteiger partial charge in [0.05, 0.1) is 20.3 Å². The summed E-state index contributed by atoms with van der Waals surface area (Å²) in [6.07, 6.45) is 1.20. The summed E-state index contributed by atoms with van der Waals surface area (Å²) in [7, 11) is 2.80. The molecule has 2 rings (SSSR count). The molecule has 134 valence electrons. The number of nitrogens with one attached hydrogen (secondary N) is 1. The number of amides is 2. The van der Waals surface area contributed by atoms with Crippen LogP contribution in [0.4, 0.5) is 10.5 Å². The fourth-order valence-electron chi connectivity index (χ4n) is 1.97. The largest absolute Gasteiger partial charge is 0.464 e. The van der Waals surface area contributed by atoms with E-state index in [4.69, 9.17) is 9.15 Å². The predicted molar refractivity (Wildman–Crippen MR) is 93.3 cm³/mol. The highest BCUT2D eigenvalue weighted by Crippen LogP contribution is 2.16. The van der Waals surface area contributed by atoms with Gasteiger partial charge >= 0.3 is 12.0 Å². The molecule has 0 aliphatic rings. The fourth-order valence-corrected chi connectivity index (χ4v) is 2.37. The Balaban J connectivity index is 2.08. The fraction of sp³-hybridized carbons (Fsp3) is 0.312. The van der Waals surface area contributed by atoms with E-state index < -0.39 is 5.97 Å². The van der Waals surface area contributed by atoms with Gasteiger partial charge in [0.1, 0.15) is 6.26 Å². The van der Waals surface area contributed by atoms with E-state index in [-0.39, 0.29) is 24.2 Å². The number of halogens is 1. The third-order valence-electron chi connectivity index (χ3n) is 3.20. The van der Waals surface area contributed by atoms with E-state index >= 15 is 0 Å². The van der Waals surface area contributed by atoms with Gasteiger partial charge in [0.15, 0.2) is 5.69 Å². The molecule has 0 atom stereocenters. The van der Waals surface area contributed by atoms with Gasteiger partial charge in [0.2, 0.25) is 5.89 Å². The van der Waals surface area contributed by atoms with Gasteiger partial charge in [-0.3, -0.25) is 0 Å². The molecule has 8 nitrogen and oxygen atoms in total. The summed E-state index contributed by atoms with van der Waals surface area (Å²) in [5.41, 5.74) is 0.695. The lowest BCUT2D eigenvalue weighted by Crippen LogP contribution is -2.37. The number of anilines is 1. The zero-order chi connectivity index (χ0) is 18.2.